The Bertz CT molecular complexity index is 1590. The van der Waals surface area contributed by atoms with E-state index in [0.29, 0.717) is 29.8 Å². The molecule has 3 aromatic carbocycles. The van der Waals surface area contributed by atoms with Crippen molar-refractivity contribution in [3.8, 4) is 6.07 Å². The third-order valence-electron chi connectivity index (χ3n) is 7.92. The first-order chi connectivity index (χ1) is 19.0. The standard InChI is InChI=1S/C34H34BrN3OS/c1-20-6-12-26(13-7-20)40-19-23-15-27(22(3)14-21(23)2)31-28(18-36)33(37)38(25-10-8-24(35)9-11-25)29-16-34(4,5)17-30(39)32(29)31/h6-15,31H,16-17,19,37H2,1-5H3. The number of Topliss-reactive ketones (excluding diaryl/α,β-unsaturated/α-hetero) is 1. The maximum Gasteiger partial charge on any atom is 0.162 e. The predicted molar refractivity (Wildman–Crippen MR) is 168 cm³/mol. The molecule has 0 aromatic heterocycles. The molecule has 1 aliphatic carbocycles. The highest BCUT2D eigenvalue weighted by Gasteiger charge is 2.45. The number of thioether (sulfide) groups is 1. The molecular weight excluding hydrogens is 578 g/mol. The molecule has 0 saturated carbocycles. The Balaban J connectivity index is 1.65. The van der Waals surface area contributed by atoms with Gasteiger partial charge in [0.1, 0.15) is 5.82 Å². The summed E-state index contributed by atoms with van der Waals surface area (Å²) in [5, 5.41) is 10.5. The van der Waals surface area contributed by atoms with Crippen LogP contribution in [0.4, 0.5) is 5.69 Å². The minimum Gasteiger partial charge on any atom is -0.384 e. The molecule has 1 unspecified atom stereocenters. The van der Waals surface area contributed by atoms with Crippen LogP contribution in [0.1, 0.15) is 60.4 Å². The lowest BCUT2D eigenvalue weighted by molar-refractivity contribution is -0.118. The van der Waals surface area contributed by atoms with Crippen LogP contribution >= 0.6 is 27.7 Å². The van der Waals surface area contributed by atoms with Gasteiger partial charge in [0.25, 0.3) is 0 Å². The quantitative estimate of drug-likeness (QED) is 0.292. The van der Waals surface area contributed by atoms with Crippen molar-refractivity contribution in [3.63, 3.8) is 0 Å². The molecule has 204 valence electrons. The molecule has 5 rings (SSSR count). The van der Waals surface area contributed by atoms with Crippen LogP contribution in [0.2, 0.25) is 0 Å². The lowest BCUT2D eigenvalue weighted by Crippen LogP contribution is -2.42. The van der Waals surface area contributed by atoms with Gasteiger partial charge in [-0.2, -0.15) is 5.26 Å². The van der Waals surface area contributed by atoms with E-state index in [4.69, 9.17) is 5.73 Å². The molecule has 0 fully saturated rings. The number of carbonyl (C=O) groups excluding carboxylic acids is 1. The van der Waals surface area contributed by atoms with Crippen LogP contribution < -0.4 is 10.6 Å². The minimum absolute atomic E-state index is 0.0918. The third kappa shape index (κ3) is 5.38. The van der Waals surface area contributed by atoms with Crippen molar-refractivity contribution in [1.29, 1.82) is 5.26 Å². The van der Waals surface area contributed by atoms with Crippen molar-refractivity contribution in [1.82, 2.24) is 0 Å². The van der Waals surface area contributed by atoms with Gasteiger partial charge in [0.2, 0.25) is 0 Å². The summed E-state index contributed by atoms with van der Waals surface area (Å²) in [5.41, 5.74) is 15.2. The van der Waals surface area contributed by atoms with Crippen molar-refractivity contribution < 1.29 is 4.79 Å². The first kappa shape index (κ1) is 28.3. The highest BCUT2D eigenvalue weighted by molar-refractivity contribution is 9.10. The van der Waals surface area contributed by atoms with Gasteiger partial charge in [-0.05, 0) is 91.3 Å². The molecule has 6 heteroatoms. The zero-order valence-corrected chi connectivity index (χ0v) is 26.0. The summed E-state index contributed by atoms with van der Waals surface area (Å²) in [6.07, 6.45) is 1.14. The van der Waals surface area contributed by atoms with Crippen LogP contribution in [0.25, 0.3) is 0 Å². The zero-order chi connectivity index (χ0) is 28.8. The molecule has 1 heterocycles. The molecule has 0 saturated heterocycles. The van der Waals surface area contributed by atoms with Gasteiger partial charge in [0, 0.05) is 38.5 Å². The number of halogens is 1. The SMILES string of the molecule is Cc1ccc(SCc2cc(C3C(C#N)=C(N)N(c4ccc(Br)cc4)C4=C3C(=O)CC(C)(C)C4)c(C)cc2C)cc1. The van der Waals surface area contributed by atoms with E-state index in [1.54, 1.807) is 11.8 Å². The molecule has 0 amide bonds. The van der Waals surface area contributed by atoms with E-state index in [1.807, 2.05) is 29.2 Å². The van der Waals surface area contributed by atoms with Crippen LogP contribution in [0.15, 0.2) is 92.7 Å². The summed E-state index contributed by atoms with van der Waals surface area (Å²) in [7, 11) is 0. The Morgan fingerprint density at radius 3 is 2.35 bits per heavy atom. The second kappa shape index (κ2) is 11.0. The molecule has 0 spiro atoms. The Morgan fingerprint density at radius 1 is 1.02 bits per heavy atom. The first-order valence-electron chi connectivity index (χ1n) is 13.5. The molecule has 4 nitrogen and oxygen atoms in total. The van der Waals surface area contributed by atoms with E-state index in [1.165, 1.54) is 21.6 Å². The third-order valence-corrected chi connectivity index (χ3v) is 9.51. The predicted octanol–water partition coefficient (Wildman–Crippen LogP) is 8.61. The van der Waals surface area contributed by atoms with Crippen molar-refractivity contribution >= 4 is 39.2 Å². The molecule has 0 bridgehead atoms. The second-order valence-electron chi connectivity index (χ2n) is 11.7. The molecular formula is C34H34BrN3OS. The van der Waals surface area contributed by atoms with E-state index < -0.39 is 5.92 Å². The van der Waals surface area contributed by atoms with Crippen LogP contribution in [0.3, 0.4) is 0 Å². The Morgan fingerprint density at radius 2 is 1.70 bits per heavy atom. The van der Waals surface area contributed by atoms with Gasteiger partial charge < -0.3 is 5.73 Å². The number of nitrogens with zero attached hydrogens (tertiary/aromatic N) is 2. The maximum atomic E-state index is 14.0. The van der Waals surface area contributed by atoms with Crippen LogP contribution in [0.5, 0.6) is 0 Å². The molecule has 1 aliphatic heterocycles. The maximum absolute atomic E-state index is 14.0. The van der Waals surface area contributed by atoms with Crippen molar-refractivity contribution in [2.75, 3.05) is 4.90 Å². The van der Waals surface area contributed by atoms with Crippen LogP contribution in [0, 0.1) is 37.5 Å². The van der Waals surface area contributed by atoms with Crippen LogP contribution in [-0.2, 0) is 10.5 Å². The van der Waals surface area contributed by atoms with Crippen molar-refractivity contribution in [2.24, 2.45) is 11.1 Å². The van der Waals surface area contributed by atoms with Crippen molar-refractivity contribution in [2.45, 2.75) is 64.0 Å². The molecule has 1 atom stereocenters. The van der Waals surface area contributed by atoms with Crippen LogP contribution in [-0.4, -0.2) is 5.78 Å². The summed E-state index contributed by atoms with van der Waals surface area (Å²) in [5.74, 6) is 0.802. The topological polar surface area (TPSA) is 70.1 Å². The van der Waals surface area contributed by atoms with Crippen molar-refractivity contribution in [3.05, 3.63) is 116 Å². The average Bonchev–Trinajstić information content (AvgIpc) is 2.89. The molecule has 40 heavy (non-hydrogen) atoms. The van der Waals surface area contributed by atoms with Gasteiger partial charge in [-0.1, -0.05) is 59.6 Å². The Labute approximate surface area is 250 Å². The van der Waals surface area contributed by atoms with E-state index in [9.17, 15) is 10.1 Å². The fraction of sp³-hybridized carbons (Fsp3) is 0.294. The van der Waals surface area contributed by atoms with E-state index in [-0.39, 0.29) is 11.2 Å². The second-order valence-corrected chi connectivity index (χ2v) is 13.7. The summed E-state index contributed by atoms with van der Waals surface area (Å²) in [4.78, 5) is 17.1. The number of nitriles is 1. The Kier molecular flexibility index (Phi) is 7.74. The average molecular weight is 613 g/mol. The molecule has 0 radical (unpaired) electrons. The van der Waals surface area contributed by atoms with E-state index in [0.717, 1.165) is 32.7 Å². The van der Waals surface area contributed by atoms with Gasteiger partial charge in [-0.15, -0.1) is 11.8 Å². The number of rotatable bonds is 5. The fourth-order valence-electron chi connectivity index (χ4n) is 5.88. The smallest absolute Gasteiger partial charge is 0.162 e. The zero-order valence-electron chi connectivity index (χ0n) is 23.6. The van der Waals surface area contributed by atoms with Gasteiger partial charge in [0.05, 0.1) is 17.6 Å². The van der Waals surface area contributed by atoms with E-state index >= 15 is 0 Å². The number of anilines is 1. The first-order valence-corrected chi connectivity index (χ1v) is 15.3. The fourth-order valence-corrected chi connectivity index (χ4v) is 7.11. The summed E-state index contributed by atoms with van der Waals surface area (Å²) >= 11 is 5.31. The molecule has 2 aliphatic rings. The number of ketones is 1. The Hall–Kier alpha value is -3.27. The number of hydrogen-bond acceptors (Lipinski definition) is 5. The lowest BCUT2D eigenvalue weighted by Gasteiger charge is -2.44. The number of nitrogens with two attached hydrogens (primary N) is 1. The summed E-state index contributed by atoms with van der Waals surface area (Å²) in [6, 6.07) is 23.2. The highest BCUT2D eigenvalue weighted by atomic mass is 79.9. The number of aryl methyl sites for hydroxylation is 3. The number of allylic oxidation sites excluding steroid dienone is 3. The highest BCUT2D eigenvalue weighted by Crippen LogP contribution is 2.51. The summed E-state index contributed by atoms with van der Waals surface area (Å²) < 4.78 is 0.953. The molecule has 3 aromatic rings. The van der Waals surface area contributed by atoms with Gasteiger partial charge in [-0.3, -0.25) is 9.69 Å². The number of carbonyl (C=O) groups is 1. The lowest BCUT2D eigenvalue weighted by atomic mass is 9.68. The number of benzene rings is 3. The van der Waals surface area contributed by atoms with Gasteiger partial charge in [-0.25, -0.2) is 0 Å². The van der Waals surface area contributed by atoms with Gasteiger partial charge in [0.15, 0.2) is 5.78 Å². The summed E-state index contributed by atoms with van der Waals surface area (Å²) in [6.45, 7) is 10.5. The van der Waals surface area contributed by atoms with E-state index in [2.05, 4.69) is 93.0 Å². The largest absolute Gasteiger partial charge is 0.384 e. The molecule has 2 N–H and O–H groups in total. The minimum atomic E-state index is -0.487. The number of hydrogen-bond donors (Lipinski definition) is 1. The van der Waals surface area contributed by atoms with Gasteiger partial charge >= 0.3 is 0 Å². The monoisotopic (exact) mass is 611 g/mol. The normalized spacial score (nSPS) is 18.6.